The highest BCUT2D eigenvalue weighted by atomic mass is 35.5. The van der Waals surface area contributed by atoms with Crippen LogP contribution in [-0.4, -0.2) is 17.7 Å². The molecule has 0 aliphatic carbocycles. The van der Waals surface area contributed by atoms with E-state index in [0.717, 1.165) is 0 Å². The second kappa shape index (κ2) is 8.69. The van der Waals surface area contributed by atoms with E-state index >= 15 is 0 Å². The molecular weight excluding hydrogens is 398 g/mol. The van der Waals surface area contributed by atoms with Crippen molar-refractivity contribution >= 4 is 57.7 Å². The average molecular weight is 414 g/mol. The largest absolute Gasteiger partial charge is 0.326 e. The van der Waals surface area contributed by atoms with Gasteiger partial charge in [0.2, 0.25) is 5.91 Å². The van der Waals surface area contributed by atoms with E-state index < -0.39 is 0 Å². The van der Waals surface area contributed by atoms with Crippen LogP contribution >= 0.6 is 22.9 Å². The van der Waals surface area contributed by atoms with E-state index in [-0.39, 0.29) is 17.7 Å². The number of hydrogen-bond acceptors (Lipinski definition) is 4. The molecule has 0 bridgehead atoms. The first-order valence-corrected chi connectivity index (χ1v) is 9.51. The molecular formula is C20H16ClN3O3S. The Hall–Kier alpha value is -3.16. The molecule has 28 heavy (non-hydrogen) atoms. The minimum absolute atomic E-state index is 0.171. The molecule has 0 unspecified atom stereocenters. The number of thiophene rings is 1. The van der Waals surface area contributed by atoms with E-state index in [2.05, 4.69) is 16.0 Å². The summed E-state index contributed by atoms with van der Waals surface area (Å²) >= 11 is 7.46. The van der Waals surface area contributed by atoms with Gasteiger partial charge in [-0.1, -0.05) is 17.7 Å². The van der Waals surface area contributed by atoms with Gasteiger partial charge in [-0.3, -0.25) is 14.4 Å². The lowest BCUT2D eigenvalue weighted by Crippen LogP contribution is -2.14. The first-order valence-electron chi connectivity index (χ1n) is 8.26. The number of amides is 3. The summed E-state index contributed by atoms with van der Waals surface area (Å²) in [6, 6.07) is 14.9. The van der Waals surface area contributed by atoms with Gasteiger partial charge in [-0.2, -0.15) is 0 Å². The minimum atomic E-state index is -0.351. The summed E-state index contributed by atoms with van der Waals surface area (Å²) in [5.74, 6) is -0.811. The van der Waals surface area contributed by atoms with Gasteiger partial charge in [-0.05, 0) is 53.9 Å². The number of benzene rings is 2. The third-order valence-corrected chi connectivity index (χ3v) is 4.88. The molecule has 142 valence electrons. The van der Waals surface area contributed by atoms with E-state index in [4.69, 9.17) is 11.6 Å². The predicted molar refractivity (Wildman–Crippen MR) is 112 cm³/mol. The van der Waals surface area contributed by atoms with Crippen LogP contribution in [0.2, 0.25) is 5.02 Å². The molecule has 0 saturated carbocycles. The molecule has 6 nitrogen and oxygen atoms in total. The van der Waals surface area contributed by atoms with Crippen LogP contribution in [0.5, 0.6) is 0 Å². The maximum atomic E-state index is 12.5. The normalized spacial score (nSPS) is 10.2. The van der Waals surface area contributed by atoms with Crippen molar-refractivity contribution in [1.29, 1.82) is 0 Å². The van der Waals surface area contributed by atoms with E-state index in [0.29, 0.717) is 32.5 Å². The molecule has 3 N–H and O–H groups in total. The second-order valence-electron chi connectivity index (χ2n) is 5.84. The van der Waals surface area contributed by atoms with Crippen LogP contribution < -0.4 is 16.0 Å². The highest BCUT2D eigenvalue weighted by Gasteiger charge is 2.13. The molecule has 2 aromatic carbocycles. The standard InChI is InChI=1S/C20H16ClN3O3S/c1-12(25)22-14-5-7-15(8-6-14)23-19(26)13-4-9-16(21)17(11-13)24-20(27)18-3-2-10-28-18/h2-11H,1H3,(H,22,25)(H,23,26)(H,24,27). The Balaban J connectivity index is 1.71. The van der Waals surface area contributed by atoms with Crippen LogP contribution in [0.15, 0.2) is 60.0 Å². The Kier molecular flexibility index (Phi) is 6.08. The maximum absolute atomic E-state index is 12.5. The summed E-state index contributed by atoms with van der Waals surface area (Å²) in [6.07, 6.45) is 0. The van der Waals surface area contributed by atoms with E-state index in [1.54, 1.807) is 53.9 Å². The smallest absolute Gasteiger partial charge is 0.265 e. The van der Waals surface area contributed by atoms with Crippen molar-refractivity contribution in [2.75, 3.05) is 16.0 Å². The lowest BCUT2D eigenvalue weighted by molar-refractivity contribution is -0.114. The van der Waals surface area contributed by atoms with Crippen molar-refractivity contribution in [3.8, 4) is 0 Å². The molecule has 1 heterocycles. The first-order chi connectivity index (χ1) is 13.4. The van der Waals surface area contributed by atoms with Crippen molar-refractivity contribution in [3.05, 3.63) is 75.4 Å². The number of carbonyl (C=O) groups is 3. The molecule has 0 aliphatic heterocycles. The molecule has 0 fully saturated rings. The minimum Gasteiger partial charge on any atom is -0.326 e. The molecule has 0 aliphatic rings. The second-order valence-corrected chi connectivity index (χ2v) is 7.19. The fourth-order valence-electron chi connectivity index (χ4n) is 2.40. The van der Waals surface area contributed by atoms with Gasteiger partial charge in [0.05, 0.1) is 15.6 Å². The number of halogens is 1. The Bertz CT molecular complexity index is 1020. The molecule has 3 aromatic rings. The zero-order chi connectivity index (χ0) is 20.1. The van der Waals surface area contributed by atoms with Gasteiger partial charge in [0, 0.05) is 23.9 Å². The number of hydrogen-bond donors (Lipinski definition) is 3. The Morgan fingerprint density at radius 2 is 1.54 bits per heavy atom. The van der Waals surface area contributed by atoms with Crippen molar-refractivity contribution in [1.82, 2.24) is 0 Å². The van der Waals surface area contributed by atoms with Crippen LogP contribution in [0.3, 0.4) is 0 Å². The molecule has 8 heteroatoms. The summed E-state index contributed by atoms with van der Waals surface area (Å²) in [4.78, 5) is 36.3. The van der Waals surface area contributed by atoms with Crippen LogP contribution in [-0.2, 0) is 4.79 Å². The zero-order valence-corrected chi connectivity index (χ0v) is 16.4. The van der Waals surface area contributed by atoms with Gasteiger partial charge < -0.3 is 16.0 Å². The molecule has 3 rings (SSSR count). The highest BCUT2D eigenvalue weighted by molar-refractivity contribution is 7.12. The van der Waals surface area contributed by atoms with Crippen LogP contribution in [0, 0.1) is 0 Å². The molecule has 0 radical (unpaired) electrons. The molecule has 0 spiro atoms. The van der Waals surface area contributed by atoms with Crippen LogP contribution in [0.25, 0.3) is 0 Å². The SMILES string of the molecule is CC(=O)Nc1ccc(NC(=O)c2ccc(Cl)c(NC(=O)c3cccs3)c2)cc1. The molecule has 3 amide bonds. The van der Waals surface area contributed by atoms with Gasteiger partial charge in [0.1, 0.15) is 0 Å². The quantitative estimate of drug-likeness (QED) is 0.558. The fraction of sp³-hybridized carbons (Fsp3) is 0.0500. The maximum Gasteiger partial charge on any atom is 0.265 e. The summed E-state index contributed by atoms with van der Waals surface area (Å²) in [5, 5.41) is 10.3. The summed E-state index contributed by atoms with van der Waals surface area (Å²) in [5.41, 5.74) is 1.90. The summed E-state index contributed by atoms with van der Waals surface area (Å²) in [7, 11) is 0. The Morgan fingerprint density at radius 3 is 2.14 bits per heavy atom. The first kappa shape index (κ1) is 19.6. The van der Waals surface area contributed by atoms with E-state index in [9.17, 15) is 14.4 Å². The Morgan fingerprint density at radius 1 is 0.857 bits per heavy atom. The topological polar surface area (TPSA) is 87.3 Å². The zero-order valence-electron chi connectivity index (χ0n) is 14.8. The summed E-state index contributed by atoms with van der Waals surface area (Å²) < 4.78 is 0. The van der Waals surface area contributed by atoms with Gasteiger partial charge in [0.25, 0.3) is 11.8 Å². The number of nitrogens with one attached hydrogen (secondary N) is 3. The third-order valence-electron chi connectivity index (χ3n) is 3.68. The van der Waals surface area contributed by atoms with Crippen LogP contribution in [0.1, 0.15) is 27.0 Å². The molecule has 0 saturated heterocycles. The summed E-state index contributed by atoms with van der Waals surface area (Å²) in [6.45, 7) is 1.42. The molecule has 1 aromatic heterocycles. The van der Waals surface area contributed by atoms with E-state index in [1.807, 2.05) is 0 Å². The van der Waals surface area contributed by atoms with Gasteiger partial charge in [-0.25, -0.2) is 0 Å². The van der Waals surface area contributed by atoms with Gasteiger partial charge in [0.15, 0.2) is 0 Å². The highest BCUT2D eigenvalue weighted by Crippen LogP contribution is 2.25. The van der Waals surface area contributed by atoms with Gasteiger partial charge in [-0.15, -0.1) is 11.3 Å². The third kappa shape index (κ3) is 4.97. The predicted octanol–water partition coefficient (Wildman–Crippen LogP) is 4.86. The van der Waals surface area contributed by atoms with Gasteiger partial charge >= 0.3 is 0 Å². The monoisotopic (exact) mass is 413 g/mol. The van der Waals surface area contributed by atoms with Crippen molar-refractivity contribution in [2.45, 2.75) is 6.92 Å². The lowest BCUT2D eigenvalue weighted by atomic mass is 10.1. The number of rotatable bonds is 5. The lowest BCUT2D eigenvalue weighted by Gasteiger charge is -2.10. The molecule has 0 atom stereocenters. The average Bonchev–Trinajstić information content (AvgIpc) is 3.19. The fourth-order valence-corrected chi connectivity index (χ4v) is 3.18. The number of anilines is 3. The van der Waals surface area contributed by atoms with Crippen molar-refractivity contribution < 1.29 is 14.4 Å². The van der Waals surface area contributed by atoms with Crippen molar-refractivity contribution in [3.63, 3.8) is 0 Å². The number of carbonyl (C=O) groups excluding carboxylic acids is 3. The van der Waals surface area contributed by atoms with E-state index in [1.165, 1.54) is 24.3 Å². The van der Waals surface area contributed by atoms with Crippen molar-refractivity contribution in [2.24, 2.45) is 0 Å². The van der Waals surface area contributed by atoms with Crippen LogP contribution in [0.4, 0.5) is 17.1 Å². The Labute approximate surface area is 170 Å².